The smallest absolute Gasteiger partial charge is 0.332 e. The molecule has 0 aliphatic heterocycles. The number of aryl methyl sites for hydroxylation is 1. The van der Waals surface area contributed by atoms with Crippen molar-refractivity contribution in [2.45, 2.75) is 6.54 Å². The fraction of sp³-hybridized carbons (Fsp3) is 0.250. The first-order valence-electron chi connectivity index (χ1n) is 7.73. The normalized spacial score (nSPS) is 11.0. The van der Waals surface area contributed by atoms with Gasteiger partial charge in [0.15, 0.2) is 11.2 Å². The van der Waals surface area contributed by atoms with E-state index in [0.717, 1.165) is 4.57 Å². The van der Waals surface area contributed by atoms with E-state index in [0.29, 0.717) is 16.5 Å². The van der Waals surface area contributed by atoms with Crippen molar-refractivity contribution in [2.24, 2.45) is 14.1 Å². The van der Waals surface area contributed by atoms with Gasteiger partial charge in [-0.1, -0.05) is 11.6 Å². The van der Waals surface area contributed by atoms with Crippen molar-refractivity contribution in [3.8, 4) is 5.75 Å². The van der Waals surface area contributed by atoms with Crippen molar-refractivity contribution < 1.29 is 14.6 Å². The van der Waals surface area contributed by atoms with Crippen molar-refractivity contribution in [3.05, 3.63) is 44.1 Å². The topological polar surface area (TPSA) is 120 Å². The average molecular weight is 394 g/mol. The van der Waals surface area contributed by atoms with Crippen LogP contribution in [-0.4, -0.2) is 36.9 Å². The molecule has 0 spiro atoms. The maximum Gasteiger partial charge on any atom is 0.332 e. The van der Waals surface area contributed by atoms with Crippen LogP contribution in [0.1, 0.15) is 0 Å². The van der Waals surface area contributed by atoms with Crippen LogP contribution in [0.15, 0.2) is 27.8 Å². The van der Waals surface area contributed by atoms with E-state index in [1.807, 2.05) is 0 Å². The van der Waals surface area contributed by atoms with Crippen molar-refractivity contribution >= 4 is 40.4 Å². The Morgan fingerprint density at radius 3 is 2.59 bits per heavy atom. The molecule has 0 aliphatic rings. The largest absolute Gasteiger partial charge is 0.495 e. The second kappa shape index (κ2) is 6.80. The van der Waals surface area contributed by atoms with E-state index in [1.165, 1.54) is 30.3 Å². The molecule has 11 heteroatoms. The quantitative estimate of drug-likeness (QED) is 0.661. The fourth-order valence-electron chi connectivity index (χ4n) is 2.70. The predicted octanol–water partition coefficient (Wildman–Crippen LogP) is 0.924. The van der Waals surface area contributed by atoms with E-state index in [2.05, 4.69) is 10.3 Å². The summed E-state index contributed by atoms with van der Waals surface area (Å²) in [5.41, 5.74) is -0.616. The van der Waals surface area contributed by atoms with Gasteiger partial charge in [-0.05, 0) is 18.2 Å². The first kappa shape index (κ1) is 18.5. The van der Waals surface area contributed by atoms with Gasteiger partial charge >= 0.3 is 11.7 Å². The maximum atomic E-state index is 12.5. The molecule has 0 atom stereocenters. The zero-order valence-electron chi connectivity index (χ0n) is 14.7. The average Bonchev–Trinajstić information content (AvgIpc) is 2.96. The second-order valence-corrected chi connectivity index (χ2v) is 6.17. The van der Waals surface area contributed by atoms with Crippen LogP contribution in [0.2, 0.25) is 5.02 Å². The van der Waals surface area contributed by atoms with Crippen LogP contribution in [0.5, 0.6) is 5.75 Å². The van der Waals surface area contributed by atoms with Crippen molar-refractivity contribution in [2.75, 3.05) is 12.4 Å². The van der Waals surface area contributed by atoms with Crippen molar-refractivity contribution in [1.29, 1.82) is 0 Å². The third kappa shape index (κ3) is 3.14. The van der Waals surface area contributed by atoms with Crippen LogP contribution in [-0.2, 0) is 25.4 Å². The number of aromatic nitrogens is 4. The van der Waals surface area contributed by atoms with E-state index in [9.17, 15) is 19.5 Å². The summed E-state index contributed by atoms with van der Waals surface area (Å²) in [4.78, 5) is 40.2. The van der Waals surface area contributed by atoms with Gasteiger partial charge in [-0.2, -0.15) is 4.98 Å². The molecular weight excluding hydrogens is 378 g/mol. The zero-order valence-corrected chi connectivity index (χ0v) is 15.4. The Balaban J connectivity index is 2.23. The first-order valence-corrected chi connectivity index (χ1v) is 8.11. The van der Waals surface area contributed by atoms with Gasteiger partial charge in [0, 0.05) is 19.8 Å². The molecule has 0 radical (unpaired) electrons. The van der Waals surface area contributed by atoms with Crippen molar-refractivity contribution in [1.82, 2.24) is 18.7 Å². The molecule has 2 N–H and O–H groups in total. The number of fused-ring (bicyclic) bond motifs is 1. The molecule has 0 unspecified atom stereocenters. The summed E-state index contributed by atoms with van der Waals surface area (Å²) in [7, 11) is 4.26. The molecule has 0 fully saturated rings. The lowest BCUT2D eigenvalue weighted by atomic mass is 10.3. The number of rotatable bonds is 5. The van der Waals surface area contributed by atoms with Crippen LogP contribution in [0, 0.1) is 0 Å². The molecule has 0 saturated heterocycles. The third-order valence-electron chi connectivity index (χ3n) is 4.05. The highest BCUT2D eigenvalue weighted by Crippen LogP contribution is 2.29. The summed E-state index contributed by atoms with van der Waals surface area (Å²) >= 11 is 6.11. The van der Waals surface area contributed by atoms with Gasteiger partial charge in [-0.15, -0.1) is 0 Å². The highest BCUT2D eigenvalue weighted by Gasteiger charge is 2.21. The lowest BCUT2D eigenvalue weighted by molar-refractivity contribution is -0.137. The molecule has 0 bridgehead atoms. The van der Waals surface area contributed by atoms with Crippen LogP contribution >= 0.6 is 11.6 Å². The summed E-state index contributed by atoms with van der Waals surface area (Å²) < 4.78 is 8.38. The van der Waals surface area contributed by atoms with Gasteiger partial charge in [0.05, 0.1) is 12.1 Å². The van der Waals surface area contributed by atoms with E-state index in [1.54, 1.807) is 18.2 Å². The Morgan fingerprint density at radius 1 is 1.30 bits per heavy atom. The van der Waals surface area contributed by atoms with E-state index >= 15 is 0 Å². The van der Waals surface area contributed by atoms with Gasteiger partial charge in [0.2, 0.25) is 5.95 Å². The minimum absolute atomic E-state index is 0.00380. The van der Waals surface area contributed by atoms with Crippen LogP contribution in [0.25, 0.3) is 11.2 Å². The summed E-state index contributed by atoms with van der Waals surface area (Å²) in [6.07, 6.45) is 0. The number of nitrogens with one attached hydrogen (secondary N) is 1. The van der Waals surface area contributed by atoms with Crippen LogP contribution in [0.4, 0.5) is 11.6 Å². The number of ether oxygens (including phenoxy) is 1. The Hall–Kier alpha value is -3.27. The summed E-state index contributed by atoms with van der Waals surface area (Å²) in [5.74, 6) is -0.606. The van der Waals surface area contributed by atoms with Crippen molar-refractivity contribution in [3.63, 3.8) is 0 Å². The lowest BCUT2D eigenvalue weighted by Crippen LogP contribution is -2.37. The van der Waals surface area contributed by atoms with Crippen LogP contribution < -0.4 is 21.3 Å². The van der Waals surface area contributed by atoms with Gasteiger partial charge < -0.3 is 15.2 Å². The number of carboxylic acid groups (broad SMARTS) is 1. The zero-order chi connectivity index (χ0) is 19.9. The number of benzene rings is 1. The summed E-state index contributed by atoms with van der Waals surface area (Å²) in [6, 6.07) is 4.86. The monoisotopic (exact) mass is 393 g/mol. The number of hydrogen-bond donors (Lipinski definition) is 2. The Kier molecular flexibility index (Phi) is 4.66. The number of imidazole rings is 1. The molecule has 2 heterocycles. The second-order valence-electron chi connectivity index (χ2n) is 5.77. The number of carbonyl (C=O) groups is 1. The molecule has 27 heavy (non-hydrogen) atoms. The molecular formula is C16H16ClN5O5. The van der Waals surface area contributed by atoms with Gasteiger partial charge in [-0.3, -0.25) is 23.3 Å². The molecule has 3 aromatic rings. The predicted molar refractivity (Wildman–Crippen MR) is 99.1 cm³/mol. The Morgan fingerprint density at radius 2 is 2.00 bits per heavy atom. The van der Waals surface area contributed by atoms with E-state index in [-0.39, 0.29) is 17.1 Å². The fourth-order valence-corrected chi connectivity index (χ4v) is 2.96. The molecule has 0 aliphatic carbocycles. The van der Waals surface area contributed by atoms with Crippen LogP contribution in [0.3, 0.4) is 0 Å². The Labute approximate surface area is 157 Å². The minimum atomic E-state index is -1.17. The van der Waals surface area contributed by atoms with Gasteiger partial charge in [-0.25, -0.2) is 4.79 Å². The standard InChI is InChI=1S/C16H16ClN5O5/c1-20-13-12(14(25)21(2)16(20)26)22(7-11(23)24)15(19-13)18-8-4-5-10(27-3)9(17)6-8/h4-6H,7H2,1-3H3,(H,18,19)(H,23,24). The maximum absolute atomic E-state index is 12.5. The van der Waals surface area contributed by atoms with E-state index in [4.69, 9.17) is 16.3 Å². The highest BCUT2D eigenvalue weighted by molar-refractivity contribution is 6.32. The molecule has 0 saturated carbocycles. The number of halogens is 1. The summed E-state index contributed by atoms with van der Waals surface area (Å²) in [5, 5.41) is 12.5. The number of hydrogen-bond acceptors (Lipinski definition) is 6. The highest BCUT2D eigenvalue weighted by atomic mass is 35.5. The molecule has 3 rings (SSSR count). The first-order chi connectivity index (χ1) is 12.7. The Bertz CT molecular complexity index is 1180. The third-order valence-corrected chi connectivity index (χ3v) is 4.34. The number of methoxy groups -OCH3 is 1. The lowest BCUT2D eigenvalue weighted by Gasteiger charge is -2.10. The molecule has 142 valence electrons. The molecule has 2 aromatic heterocycles. The molecule has 0 amide bonds. The van der Waals surface area contributed by atoms with Gasteiger partial charge in [0.25, 0.3) is 5.56 Å². The number of nitrogens with zero attached hydrogens (tertiary/aromatic N) is 4. The number of aliphatic carboxylic acids is 1. The number of carboxylic acids is 1. The molecule has 1 aromatic carbocycles. The van der Waals surface area contributed by atoms with E-state index < -0.39 is 23.8 Å². The van der Waals surface area contributed by atoms with Gasteiger partial charge in [0.1, 0.15) is 12.3 Å². The molecule has 10 nitrogen and oxygen atoms in total. The minimum Gasteiger partial charge on any atom is -0.495 e. The SMILES string of the molecule is COc1ccc(Nc2nc3c(c(=O)n(C)c(=O)n3C)n2CC(=O)O)cc1Cl. The number of anilines is 2. The summed E-state index contributed by atoms with van der Waals surface area (Å²) in [6.45, 7) is -0.518.